The van der Waals surface area contributed by atoms with Crippen LogP contribution in [0.1, 0.15) is 35.4 Å². The van der Waals surface area contributed by atoms with Crippen molar-refractivity contribution in [1.82, 2.24) is 9.88 Å². The molecule has 2 nitrogen and oxygen atoms in total. The van der Waals surface area contributed by atoms with Gasteiger partial charge in [-0.1, -0.05) is 29.3 Å². The molecule has 2 aromatic rings. The van der Waals surface area contributed by atoms with E-state index in [0.717, 1.165) is 31.0 Å². The van der Waals surface area contributed by atoms with Crippen LogP contribution in [-0.4, -0.2) is 34.9 Å². The zero-order chi connectivity index (χ0) is 21.5. The summed E-state index contributed by atoms with van der Waals surface area (Å²) in [5.74, 6) is 0.484. The van der Waals surface area contributed by atoms with Crippen LogP contribution in [0.5, 0.6) is 0 Å². The Morgan fingerprint density at radius 3 is 2.67 bits per heavy atom. The Hall–Kier alpha value is -1.27. The Kier molecular flexibility index (Phi) is 6.36. The first-order chi connectivity index (χ1) is 14.3. The number of benzene rings is 1. The molecule has 1 aromatic carbocycles. The van der Waals surface area contributed by atoms with Crippen molar-refractivity contribution in [3.8, 4) is 0 Å². The summed E-state index contributed by atoms with van der Waals surface area (Å²) in [5, 5.41) is 0.367. The highest BCUT2D eigenvalue weighted by Gasteiger charge is 2.36. The molecule has 8 heteroatoms. The molecule has 1 aliphatic heterocycles. The molecule has 0 radical (unpaired) electrons. The summed E-state index contributed by atoms with van der Waals surface area (Å²) in [7, 11) is 0. The average Bonchev–Trinajstić information content (AvgIpc) is 3.06. The lowest BCUT2D eigenvalue weighted by Gasteiger charge is -2.36. The molecule has 4 rings (SSSR count). The minimum absolute atomic E-state index is 0.130. The largest absolute Gasteiger partial charge is 0.434 e. The van der Waals surface area contributed by atoms with Crippen LogP contribution in [0.2, 0.25) is 10.0 Å². The Bertz CT molecular complexity index is 988. The van der Waals surface area contributed by atoms with Gasteiger partial charge in [0.15, 0.2) is 5.69 Å². The van der Waals surface area contributed by atoms with Gasteiger partial charge < -0.3 is 0 Å². The highest BCUT2D eigenvalue weighted by Crippen LogP contribution is 2.42. The van der Waals surface area contributed by atoms with Gasteiger partial charge in [-0.25, -0.2) is 4.98 Å². The average molecular weight is 476 g/mol. The van der Waals surface area contributed by atoms with Crippen molar-refractivity contribution in [2.75, 3.05) is 19.0 Å². The Balaban J connectivity index is 1.43. The SMILES string of the molecule is FC(F)(F)c1nc(CCCN2CCC3=C(Cc4ccc(Cl)cc43)C2CCl)ccc1Cl. The number of aromatic nitrogens is 1. The number of rotatable bonds is 5. The van der Waals surface area contributed by atoms with Crippen LogP contribution in [-0.2, 0) is 19.0 Å². The van der Waals surface area contributed by atoms with Crippen molar-refractivity contribution in [2.45, 2.75) is 37.9 Å². The fourth-order valence-electron chi connectivity index (χ4n) is 4.46. The highest BCUT2D eigenvalue weighted by atomic mass is 35.5. The molecular formula is C22H20Cl3F3N2. The second-order valence-corrected chi connectivity index (χ2v) is 8.82. The van der Waals surface area contributed by atoms with Gasteiger partial charge in [0.05, 0.1) is 5.02 Å². The van der Waals surface area contributed by atoms with Crippen LogP contribution in [0.3, 0.4) is 0 Å². The van der Waals surface area contributed by atoms with Gasteiger partial charge in [-0.3, -0.25) is 4.90 Å². The molecule has 0 amide bonds. The predicted molar refractivity (Wildman–Crippen MR) is 115 cm³/mol. The maximum atomic E-state index is 13.0. The van der Waals surface area contributed by atoms with Crippen molar-refractivity contribution in [3.63, 3.8) is 0 Å². The summed E-state index contributed by atoms with van der Waals surface area (Å²) < 4.78 is 39.1. The predicted octanol–water partition coefficient (Wildman–Crippen LogP) is 6.66. The van der Waals surface area contributed by atoms with E-state index in [1.165, 1.54) is 28.3 Å². The number of aryl methyl sites for hydroxylation is 1. The van der Waals surface area contributed by atoms with Crippen molar-refractivity contribution in [3.05, 3.63) is 68.5 Å². The molecule has 1 aliphatic carbocycles. The number of hydrogen-bond acceptors (Lipinski definition) is 2. The summed E-state index contributed by atoms with van der Waals surface area (Å²) in [6, 6.07) is 8.99. The first kappa shape index (κ1) is 21.9. The number of pyridine rings is 1. The summed E-state index contributed by atoms with van der Waals surface area (Å²) in [6.45, 7) is 1.61. The molecule has 1 aromatic heterocycles. The number of alkyl halides is 4. The van der Waals surface area contributed by atoms with Crippen LogP contribution >= 0.6 is 34.8 Å². The lowest BCUT2D eigenvalue weighted by molar-refractivity contribution is -0.141. The molecule has 1 atom stereocenters. The molecule has 30 heavy (non-hydrogen) atoms. The Labute approximate surface area is 188 Å². The molecule has 0 spiro atoms. The minimum Gasteiger partial charge on any atom is -0.295 e. The second kappa shape index (κ2) is 8.70. The van der Waals surface area contributed by atoms with Crippen molar-refractivity contribution >= 4 is 40.4 Å². The van der Waals surface area contributed by atoms with Gasteiger partial charge in [-0.2, -0.15) is 13.2 Å². The zero-order valence-electron chi connectivity index (χ0n) is 16.1. The topological polar surface area (TPSA) is 16.1 Å². The van der Waals surface area contributed by atoms with Crippen molar-refractivity contribution < 1.29 is 13.2 Å². The van der Waals surface area contributed by atoms with Gasteiger partial charge in [-0.15, -0.1) is 11.6 Å². The molecule has 0 saturated heterocycles. The third kappa shape index (κ3) is 4.36. The van der Waals surface area contributed by atoms with E-state index in [1.54, 1.807) is 6.07 Å². The third-order valence-corrected chi connectivity index (χ3v) is 6.69. The normalized spacial score (nSPS) is 19.2. The van der Waals surface area contributed by atoms with E-state index in [9.17, 15) is 13.2 Å². The second-order valence-electron chi connectivity index (χ2n) is 7.67. The van der Waals surface area contributed by atoms with Gasteiger partial charge in [0.2, 0.25) is 0 Å². The van der Waals surface area contributed by atoms with E-state index in [2.05, 4.69) is 16.0 Å². The van der Waals surface area contributed by atoms with Crippen LogP contribution < -0.4 is 0 Å². The van der Waals surface area contributed by atoms with E-state index >= 15 is 0 Å². The van der Waals surface area contributed by atoms with Crippen LogP contribution in [0, 0.1) is 0 Å². The molecule has 2 aliphatic rings. The molecule has 160 valence electrons. The van der Waals surface area contributed by atoms with Crippen molar-refractivity contribution in [2.24, 2.45) is 0 Å². The summed E-state index contributed by atoms with van der Waals surface area (Å²) in [6.07, 6.45) is -1.60. The molecular weight excluding hydrogens is 456 g/mol. The van der Waals surface area contributed by atoms with E-state index in [1.807, 2.05) is 12.1 Å². The molecule has 0 N–H and O–H groups in total. The quantitative estimate of drug-likeness (QED) is 0.449. The van der Waals surface area contributed by atoms with Crippen LogP contribution in [0.25, 0.3) is 5.57 Å². The molecule has 0 fully saturated rings. The van der Waals surface area contributed by atoms with Gasteiger partial charge in [-0.05, 0) is 78.8 Å². The summed E-state index contributed by atoms with van der Waals surface area (Å²) >= 11 is 18.2. The highest BCUT2D eigenvalue weighted by molar-refractivity contribution is 6.31. The van der Waals surface area contributed by atoms with Crippen LogP contribution in [0.4, 0.5) is 13.2 Å². The van der Waals surface area contributed by atoms with Gasteiger partial charge >= 0.3 is 6.18 Å². The molecule has 0 saturated carbocycles. The minimum atomic E-state index is -4.55. The lowest BCUT2D eigenvalue weighted by atomic mass is 9.93. The maximum absolute atomic E-state index is 13.0. The van der Waals surface area contributed by atoms with Gasteiger partial charge in [0, 0.05) is 29.2 Å². The van der Waals surface area contributed by atoms with E-state index < -0.39 is 11.9 Å². The Morgan fingerprint density at radius 1 is 1.13 bits per heavy atom. The summed E-state index contributed by atoms with van der Waals surface area (Å²) in [5.41, 5.74) is 4.59. The molecule has 2 heterocycles. The fraction of sp³-hybridized carbons (Fsp3) is 0.409. The third-order valence-electron chi connectivity index (χ3n) is 5.85. The Morgan fingerprint density at radius 2 is 1.93 bits per heavy atom. The maximum Gasteiger partial charge on any atom is 0.434 e. The number of fused-ring (bicyclic) bond motifs is 2. The number of halogens is 6. The number of hydrogen-bond donors (Lipinski definition) is 0. The first-order valence-electron chi connectivity index (χ1n) is 9.81. The van der Waals surface area contributed by atoms with E-state index in [-0.39, 0.29) is 11.1 Å². The fourth-order valence-corrected chi connectivity index (χ4v) is 5.22. The zero-order valence-corrected chi connectivity index (χ0v) is 18.3. The van der Waals surface area contributed by atoms with Gasteiger partial charge in [0.25, 0.3) is 0 Å². The smallest absolute Gasteiger partial charge is 0.295 e. The van der Waals surface area contributed by atoms with Gasteiger partial charge in [0.1, 0.15) is 0 Å². The van der Waals surface area contributed by atoms with E-state index in [0.29, 0.717) is 24.4 Å². The van der Waals surface area contributed by atoms with Crippen LogP contribution in [0.15, 0.2) is 35.9 Å². The summed E-state index contributed by atoms with van der Waals surface area (Å²) in [4.78, 5) is 6.06. The number of nitrogens with zero attached hydrogens (tertiary/aromatic N) is 2. The lowest BCUT2D eigenvalue weighted by Crippen LogP contribution is -2.42. The molecule has 1 unspecified atom stereocenters. The van der Waals surface area contributed by atoms with Crippen molar-refractivity contribution in [1.29, 1.82) is 0 Å². The van der Waals surface area contributed by atoms with E-state index in [4.69, 9.17) is 34.8 Å². The first-order valence-corrected chi connectivity index (χ1v) is 11.1. The monoisotopic (exact) mass is 474 g/mol. The standard InChI is InChI=1S/C22H20Cl3F3N2/c23-12-20-18-10-13-3-4-14(24)11-17(13)16(18)7-9-30(20)8-1-2-15-5-6-19(25)21(29-15)22(26,27)28/h3-6,11,20H,1-2,7-10,12H2. The molecule has 0 bridgehead atoms.